The summed E-state index contributed by atoms with van der Waals surface area (Å²) in [6.45, 7) is 5.64. The van der Waals surface area contributed by atoms with Crippen LogP contribution >= 0.6 is 24.0 Å². The van der Waals surface area contributed by atoms with Gasteiger partial charge in [-0.15, -0.1) is 24.0 Å². The van der Waals surface area contributed by atoms with Gasteiger partial charge in [-0.05, 0) is 37.5 Å². The highest BCUT2D eigenvalue weighted by molar-refractivity contribution is 14.0. The molecule has 0 atom stereocenters. The van der Waals surface area contributed by atoms with E-state index in [1.54, 1.807) is 14.2 Å². The minimum Gasteiger partial charge on any atom is -0.385 e. The van der Waals surface area contributed by atoms with Crippen molar-refractivity contribution in [1.29, 1.82) is 0 Å². The van der Waals surface area contributed by atoms with Gasteiger partial charge in [-0.25, -0.2) is 0 Å². The van der Waals surface area contributed by atoms with Gasteiger partial charge >= 0.3 is 0 Å². The number of hydrogen-bond acceptors (Lipinski definition) is 4. The average molecular weight is 468 g/mol. The summed E-state index contributed by atoms with van der Waals surface area (Å²) in [5.74, 6) is 0.918. The van der Waals surface area contributed by atoms with Gasteiger partial charge in [-0.2, -0.15) is 0 Å². The topological polar surface area (TPSA) is 58.1 Å². The van der Waals surface area contributed by atoms with Crippen LogP contribution in [0.3, 0.4) is 0 Å². The first kappa shape index (κ1) is 22.9. The van der Waals surface area contributed by atoms with E-state index in [0.717, 1.165) is 57.8 Å². The minimum atomic E-state index is 0. The maximum absolute atomic E-state index is 5.27. The third-order valence-electron chi connectivity index (χ3n) is 5.44. The van der Waals surface area contributed by atoms with Crippen molar-refractivity contribution in [2.45, 2.75) is 44.6 Å². The highest BCUT2D eigenvalue weighted by Crippen LogP contribution is 2.43. The molecule has 0 amide bonds. The summed E-state index contributed by atoms with van der Waals surface area (Å²) in [4.78, 5) is 6.89. The Hall–Kier alpha value is -0.120. The molecule has 7 heteroatoms. The van der Waals surface area contributed by atoms with Gasteiger partial charge in [0.25, 0.3) is 0 Å². The van der Waals surface area contributed by atoms with E-state index in [4.69, 9.17) is 9.47 Å². The van der Waals surface area contributed by atoms with Crippen LogP contribution in [-0.2, 0) is 9.47 Å². The molecule has 0 spiro atoms. The Balaban J connectivity index is 0.00000312. The molecule has 0 aromatic heterocycles. The lowest BCUT2D eigenvalue weighted by Gasteiger charge is -2.42. The lowest BCUT2D eigenvalue weighted by atomic mass is 9.67. The highest BCUT2D eigenvalue weighted by atomic mass is 127. The summed E-state index contributed by atoms with van der Waals surface area (Å²) in [6, 6.07) is 0.768. The number of ether oxygens (including phenoxy) is 2. The molecule has 2 fully saturated rings. The fraction of sp³-hybridized carbons (Fsp3) is 0.944. The first-order valence-electron chi connectivity index (χ1n) is 9.39. The molecule has 0 unspecified atom stereocenters. The van der Waals surface area contributed by atoms with Crippen molar-refractivity contribution in [3.8, 4) is 0 Å². The average Bonchev–Trinajstić information content (AvgIpc) is 3.39. The van der Waals surface area contributed by atoms with Gasteiger partial charge in [0.15, 0.2) is 5.96 Å². The Morgan fingerprint density at radius 1 is 1.12 bits per heavy atom. The second-order valence-corrected chi connectivity index (χ2v) is 7.21. The van der Waals surface area contributed by atoms with Crippen molar-refractivity contribution in [3.05, 3.63) is 0 Å². The maximum Gasteiger partial charge on any atom is 0.191 e. The smallest absolute Gasteiger partial charge is 0.191 e. The van der Waals surface area contributed by atoms with Gasteiger partial charge in [0.1, 0.15) is 0 Å². The number of nitrogens with zero attached hydrogens (tertiary/aromatic N) is 2. The molecule has 2 aliphatic rings. The summed E-state index contributed by atoms with van der Waals surface area (Å²) in [6.07, 6.45) is 7.74. The monoisotopic (exact) mass is 468 g/mol. The Morgan fingerprint density at radius 2 is 1.84 bits per heavy atom. The van der Waals surface area contributed by atoms with E-state index in [0.29, 0.717) is 5.41 Å². The SMILES string of the molecule is CN=C(NCCN(CCOC)C1CC1)NCC1(CCOC)CCC1.I. The van der Waals surface area contributed by atoms with Gasteiger partial charge < -0.3 is 20.1 Å². The van der Waals surface area contributed by atoms with Crippen molar-refractivity contribution >= 4 is 29.9 Å². The van der Waals surface area contributed by atoms with Crippen molar-refractivity contribution in [1.82, 2.24) is 15.5 Å². The van der Waals surface area contributed by atoms with Crippen LogP contribution < -0.4 is 10.6 Å². The van der Waals surface area contributed by atoms with E-state index >= 15 is 0 Å². The zero-order valence-corrected chi connectivity index (χ0v) is 18.5. The van der Waals surface area contributed by atoms with E-state index in [2.05, 4.69) is 20.5 Å². The largest absolute Gasteiger partial charge is 0.385 e. The van der Waals surface area contributed by atoms with Crippen LogP contribution in [0.2, 0.25) is 0 Å². The lowest BCUT2D eigenvalue weighted by Crippen LogP contribution is -2.48. The molecule has 0 saturated heterocycles. The molecule has 2 N–H and O–H groups in total. The third kappa shape index (κ3) is 7.97. The second-order valence-electron chi connectivity index (χ2n) is 7.21. The van der Waals surface area contributed by atoms with Crippen LogP contribution in [0.25, 0.3) is 0 Å². The summed E-state index contributed by atoms with van der Waals surface area (Å²) in [7, 11) is 5.41. The van der Waals surface area contributed by atoms with E-state index < -0.39 is 0 Å². The Labute approximate surface area is 170 Å². The van der Waals surface area contributed by atoms with Gasteiger partial charge in [-0.1, -0.05) is 6.42 Å². The molecule has 0 aromatic rings. The highest BCUT2D eigenvalue weighted by Gasteiger charge is 2.36. The fourth-order valence-corrected chi connectivity index (χ4v) is 3.45. The molecule has 0 radical (unpaired) electrons. The van der Waals surface area contributed by atoms with Crippen LogP contribution in [0, 0.1) is 5.41 Å². The molecule has 0 aliphatic heterocycles. The summed E-state index contributed by atoms with van der Waals surface area (Å²) in [5, 5.41) is 6.98. The third-order valence-corrected chi connectivity index (χ3v) is 5.44. The van der Waals surface area contributed by atoms with Crippen LogP contribution in [-0.4, -0.2) is 77.6 Å². The van der Waals surface area contributed by atoms with Crippen molar-refractivity contribution < 1.29 is 9.47 Å². The number of guanidine groups is 1. The van der Waals surface area contributed by atoms with Crippen molar-refractivity contribution in [2.75, 3.05) is 60.7 Å². The second kappa shape index (κ2) is 12.3. The molecular weight excluding hydrogens is 431 g/mol. The Morgan fingerprint density at radius 3 is 2.36 bits per heavy atom. The van der Waals surface area contributed by atoms with E-state index in [1.807, 2.05) is 7.05 Å². The minimum absolute atomic E-state index is 0. The molecule has 148 valence electrons. The Bertz CT molecular complexity index is 387. The van der Waals surface area contributed by atoms with Crippen molar-refractivity contribution in [2.24, 2.45) is 10.4 Å². The van der Waals surface area contributed by atoms with E-state index in [9.17, 15) is 0 Å². The van der Waals surface area contributed by atoms with Gasteiger partial charge in [0, 0.05) is 60.1 Å². The predicted octanol–water partition coefficient (Wildman–Crippen LogP) is 2.09. The first-order chi connectivity index (χ1) is 11.7. The number of nitrogens with one attached hydrogen (secondary N) is 2. The van der Waals surface area contributed by atoms with Crippen LogP contribution in [0.1, 0.15) is 38.5 Å². The molecule has 0 bridgehead atoms. The summed E-state index contributed by atoms with van der Waals surface area (Å²) in [5.41, 5.74) is 0.409. The molecular formula is C18H37IN4O2. The van der Waals surface area contributed by atoms with Crippen LogP contribution in [0.4, 0.5) is 0 Å². The molecule has 6 nitrogen and oxygen atoms in total. The first-order valence-corrected chi connectivity index (χ1v) is 9.39. The molecule has 25 heavy (non-hydrogen) atoms. The lowest BCUT2D eigenvalue weighted by molar-refractivity contribution is 0.0732. The standard InChI is InChI=1S/C18H36N4O2.HI/c1-19-17(21-15-18(7-4-8-18)9-13-23-2)20-10-11-22(12-14-24-3)16-5-6-16;/h16H,4-15H2,1-3H3,(H2,19,20,21);1H. The quantitative estimate of drug-likeness (QED) is 0.261. The van der Waals surface area contributed by atoms with E-state index in [-0.39, 0.29) is 24.0 Å². The zero-order chi connectivity index (χ0) is 17.3. The normalized spacial score (nSPS) is 19.3. The van der Waals surface area contributed by atoms with E-state index in [1.165, 1.54) is 32.1 Å². The van der Waals surface area contributed by atoms with Gasteiger partial charge in [0.05, 0.1) is 6.61 Å². The fourth-order valence-electron chi connectivity index (χ4n) is 3.45. The molecule has 2 aliphatic carbocycles. The number of hydrogen-bond donors (Lipinski definition) is 2. The predicted molar refractivity (Wildman–Crippen MR) is 114 cm³/mol. The number of methoxy groups -OCH3 is 2. The van der Waals surface area contributed by atoms with Crippen molar-refractivity contribution in [3.63, 3.8) is 0 Å². The Kier molecular flexibility index (Phi) is 11.3. The zero-order valence-electron chi connectivity index (χ0n) is 16.2. The number of halogens is 1. The number of aliphatic imine (C=N–C) groups is 1. The van der Waals surface area contributed by atoms with Gasteiger partial charge in [0.2, 0.25) is 0 Å². The molecule has 0 heterocycles. The molecule has 0 aromatic carbocycles. The maximum atomic E-state index is 5.27. The number of rotatable bonds is 12. The van der Waals surface area contributed by atoms with Crippen LogP contribution in [0.15, 0.2) is 4.99 Å². The van der Waals surface area contributed by atoms with Crippen LogP contribution in [0.5, 0.6) is 0 Å². The molecule has 2 rings (SSSR count). The van der Waals surface area contributed by atoms with Gasteiger partial charge in [-0.3, -0.25) is 9.89 Å². The summed E-state index contributed by atoms with van der Waals surface area (Å²) >= 11 is 0. The summed E-state index contributed by atoms with van der Waals surface area (Å²) < 4.78 is 10.5. The molecule has 2 saturated carbocycles.